The summed E-state index contributed by atoms with van der Waals surface area (Å²) in [5.41, 5.74) is 6.14. The Hall–Kier alpha value is -0.320. The van der Waals surface area contributed by atoms with Crippen molar-refractivity contribution in [1.82, 2.24) is 4.90 Å². The number of likely N-dealkylation sites (tertiary alicyclic amines) is 1. The fraction of sp³-hybridized carbons (Fsp3) is 0.933. The van der Waals surface area contributed by atoms with Crippen LogP contribution in [0.1, 0.15) is 52.4 Å². The van der Waals surface area contributed by atoms with Crippen molar-refractivity contribution in [3.8, 4) is 0 Å². The van der Waals surface area contributed by atoms with Crippen LogP contribution in [0.5, 0.6) is 0 Å². The zero-order chi connectivity index (χ0) is 13.9. The Labute approximate surface area is 128 Å². The third-order valence-corrected chi connectivity index (χ3v) is 4.62. The molecule has 0 saturated carbocycles. The smallest absolute Gasteiger partial charge is 0.222 e. The van der Waals surface area contributed by atoms with Gasteiger partial charge in [-0.3, -0.25) is 4.79 Å². The van der Waals surface area contributed by atoms with Gasteiger partial charge in [0, 0.05) is 32.2 Å². The number of hydrogen-bond donors (Lipinski definition) is 1. The summed E-state index contributed by atoms with van der Waals surface area (Å²) in [6.45, 7) is 6.78. The van der Waals surface area contributed by atoms with Crippen LogP contribution in [0, 0.1) is 5.41 Å². The molecule has 2 heterocycles. The number of nitrogens with zero attached hydrogens (tertiary/aromatic N) is 1. The van der Waals surface area contributed by atoms with E-state index in [1.165, 1.54) is 12.8 Å². The molecule has 1 amide bonds. The van der Waals surface area contributed by atoms with E-state index in [1.54, 1.807) is 0 Å². The quantitative estimate of drug-likeness (QED) is 0.871. The van der Waals surface area contributed by atoms with Gasteiger partial charge in [0.2, 0.25) is 5.91 Å². The number of hydrogen-bond acceptors (Lipinski definition) is 3. The summed E-state index contributed by atoms with van der Waals surface area (Å²) in [4.78, 5) is 14.3. The van der Waals surface area contributed by atoms with E-state index in [0.29, 0.717) is 12.5 Å². The lowest BCUT2D eigenvalue weighted by Gasteiger charge is -2.42. The van der Waals surface area contributed by atoms with Gasteiger partial charge >= 0.3 is 0 Å². The summed E-state index contributed by atoms with van der Waals surface area (Å²) in [5.74, 6) is 0.272. The fourth-order valence-electron chi connectivity index (χ4n) is 3.06. The Kier molecular flexibility index (Phi) is 6.76. The number of rotatable bonds is 3. The molecule has 0 spiro atoms. The van der Waals surface area contributed by atoms with Crippen molar-refractivity contribution in [1.29, 1.82) is 0 Å². The molecule has 2 fully saturated rings. The van der Waals surface area contributed by atoms with E-state index in [1.807, 2.05) is 4.90 Å². The van der Waals surface area contributed by atoms with Gasteiger partial charge in [0.05, 0.1) is 6.10 Å². The molecule has 20 heavy (non-hydrogen) atoms. The van der Waals surface area contributed by atoms with Crippen LogP contribution in [-0.4, -0.2) is 42.6 Å². The molecule has 0 radical (unpaired) electrons. The normalized spacial score (nSPS) is 29.6. The molecule has 2 aliphatic heterocycles. The van der Waals surface area contributed by atoms with E-state index >= 15 is 0 Å². The van der Waals surface area contributed by atoms with Crippen LogP contribution < -0.4 is 5.73 Å². The number of carbonyl (C=O) groups is 1. The standard InChI is InChI=1S/C15H28N2O2.ClH/c1-15(2)11-17(9-8-13(15)16)14(18)7-6-12-5-3-4-10-19-12;/h12-13H,3-11,16H2,1-2H3;1H. The number of ether oxygens (including phenoxy) is 1. The van der Waals surface area contributed by atoms with E-state index in [2.05, 4.69) is 13.8 Å². The molecule has 2 aliphatic rings. The maximum absolute atomic E-state index is 12.3. The predicted molar refractivity (Wildman–Crippen MR) is 83.0 cm³/mol. The van der Waals surface area contributed by atoms with Crippen LogP contribution in [0.3, 0.4) is 0 Å². The summed E-state index contributed by atoms with van der Waals surface area (Å²) in [7, 11) is 0. The Morgan fingerprint density at radius 2 is 2.10 bits per heavy atom. The second-order valence-electron chi connectivity index (χ2n) is 6.73. The summed E-state index contributed by atoms with van der Waals surface area (Å²) >= 11 is 0. The average Bonchev–Trinajstić information content (AvgIpc) is 2.40. The molecule has 0 aliphatic carbocycles. The first kappa shape index (κ1) is 17.7. The van der Waals surface area contributed by atoms with Gasteiger partial charge < -0.3 is 15.4 Å². The first-order valence-electron chi connectivity index (χ1n) is 7.64. The molecule has 0 bridgehead atoms. The van der Waals surface area contributed by atoms with Gasteiger partial charge in [-0.1, -0.05) is 13.8 Å². The van der Waals surface area contributed by atoms with Crippen LogP contribution >= 0.6 is 12.4 Å². The van der Waals surface area contributed by atoms with Crippen molar-refractivity contribution in [2.75, 3.05) is 19.7 Å². The predicted octanol–water partition coefficient (Wildman–Crippen LogP) is 2.34. The number of halogens is 1. The molecule has 0 aromatic heterocycles. The first-order valence-corrected chi connectivity index (χ1v) is 7.64. The fourth-order valence-corrected chi connectivity index (χ4v) is 3.06. The Bertz CT molecular complexity index is 317. The van der Waals surface area contributed by atoms with Crippen molar-refractivity contribution in [3.05, 3.63) is 0 Å². The number of nitrogens with two attached hydrogens (primary N) is 1. The largest absolute Gasteiger partial charge is 0.378 e. The van der Waals surface area contributed by atoms with E-state index in [0.717, 1.165) is 39.0 Å². The third-order valence-electron chi connectivity index (χ3n) is 4.62. The Balaban J connectivity index is 0.00000200. The maximum Gasteiger partial charge on any atom is 0.222 e. The number of piperidine rings is 1. The van der Waals surface area contributed by atoms with Crippen LogP contribution in [0.25, 0.3) is 0 Å². The van der Waals surface area contributed by atoms with Gasteiger partial charge in [0.15, 0.2) is 0 Å². The highest BCUT2D eigenvalue weighted by Gasteiger charge is 2.35. The summed E-state index contributed by atoms with van der Waals surface area (Å²) < 4.78 is 5.68. The lowest BCUT2D eigenvalue weighted by atomic mass is 9.79. The van der Waals surface area contributed by atoms with Gasteiger partial charge in [0.25, 0.3) is 0 Å². The van der Waals surface area contributed by atoms with Crippen LogP contribution in [0.4, 0.5) is 0 Å². The second-order valence-corrected chi connectivity index (χ2v) is 6.73. The topological polar surface area (TPSA) is 55.6 Å². The summed E-state index contributed by atoms with van der Waals surface area (Å²) in [6, 6.07) is 0.207. The Morgan fingerprint density at radius 1 is 1.35 bits per heavy atom. The van der Waals surface area contributed by atoms with Gasteiger partial charge in [-0.25, -0.2) is 0 Å². The van der Waals surface area contributed by atoms with Crippen molar-refractivity contribution in [2.45, 2.75) is 64.5 Å². The SMILES string of the molecule is CC1(C)CN(C(=O)CCC2CCCCO2)CCC1N.Cl. The molecule has 0 aromatic rings. The van der Waals surface area contributed by atoms with Crippen molar-refractivity contribution in [3.63, 3.8) is 0 Å². The Morgan fingerprint density at radius 3 is 2.70 bits per heavy atom. The highest BCUT2D eigenvalue weighted by molar-refractivity contribution is 5.85. The molecule has 118 valence electrons. The molecular weight excluding hydrogens is 276 g/mol. The third kappa shape index (κ3) is 4.61. The molecule has 2 atom stereocenters. The average molecular weight is 305 g/mol. The number of amides is 1. The minimum Gasteiger partial charge on any atom is -0.378 e. The molecule has 2 saturated heterocycles. The summed E-state index contributed by atoms with van der Waals surface area (Å²) in [6.07, 6.45) is 6.24. The monoisotopic (exact) mass is 304 g/mol. The van der Waals surface area contributed by atoms with Gasteiger partial charge in [-0.15, -0.1) is 12.4 Å². The van der Waals surface area contributed by atoms with Crippen LogP contribution in [0.15, 0.2) is 0 Å². The zero-order valence-corrected chi connectivity index (χ0v) is 13.6. The molecule has 2 unspecified atom stereocenters. The van der Waals surface area contributed by atoms with E-state index in [9.17, 15) is 4.79 Å². The van der Waals surface area contributed by atoms with Crippen molar-refractivity contribution < 1.29 is 9.53 Å². The van der Waals surface area contributed by atoms with Gasteiger partial charge in [-0.05, 0) is 37.5 Å². The molecule has 2 rings (SSSR count). The summed E-state index contributed by atoms with van der Waals surface area (Å²) in [5, 5.41) is 0. The molecule has 5 heteroatoms. The first-order chi connectivity index (χ1) is 8.99. The molecule has 0 aromatic carbocycles. The second kappa shape index (κ2) is 7.62. The van der Waals surface area contributed by atoms with Crippen molar-refractivity contribution >= 4 is 18.3 Å². The number of carbonyl (C=O) groups excluding carboxylic acids is 1. The molecular formula is C15H29ClN2O2. The van der Waals surface area contributed by atoms with Gasteiger partial charge in [0.1, 0.15) is 0 Å². The van der Waals surface area contributed by atoms with Gasteiger partial charge in [-0.2, -0.15) is 0 Å². The van der Waals surface area contributed by atoms with E-state index in [4.69, 9.17) is 10.5 Å². The highest BCUT2D eigenvalue weighted by Crippen LogP contribution is 2.28. The van der Waals surface area contributed by atoms with Crippen molar-refractivity contribution in [2.24, 2.45) is 11.1 Å². The zero-order valence-electron chi connectivity index (χ0n) is 12.8. The maximum atomic E-state index is 12.3. The van der Waals surface area contributed by atoms with E-state index in [-0.39, 0.29) is 29.8 Å². The lowest BCUT2D eigenvalue weighted by molar-refractivity contribution is -0.135. The minimum atomic E-state index is 0. The van der Waals surface area contributed by atoms with Crippen LogP contribution in [0.2, 0.25) is 0 Å². The minimum absolute atomic E-state index is 0. The highest BCUT2D eigenvalue weighted by atomic mass is 35.5. The molecule has 4 nitrogen and oxygen atoms in total. The van der Waals surface area contributed by atoms with E-state index < -0.39 is 0 Å². The van der Waals surface area contributed by atoms with Crippen LogP contribution in [-0.2, 0) is 9.53 Å². The molecule has 2 N–H and O–H groups in total. The lowest BCUT2D eigenvalue weighted by Crippen LogP contribution is -2.54.